The average molecular weight is 1700 g/mol. The van der Waals surface area contributed by atoms with Crippen LogP contribution in [0.1, 0.15) is 274 Å². The first kappa shape index (κ1) is 98.4. The number of aromatic nitrogens is 3. The van der Waals surface area contributed by atoms with Gasteiger partial charge in [0.15, 0.2) is 11.6 Å². The molecule has 0 spiro atoms. The van der Waals surface area contributed by atoms with E-state index in [0.717, 1.165) is 55.5 Å². The average Bonchev–Trinajstić information content (AvgIpc) is 1.61. The summed E-state index contributed by atoms with van der Waals surface area (Å²) < 4.78 is 27.3. The van der Waals surface area contributed by atoms with Gasteiger partial charge in [-0.15, -0.1) is 5.92 Å². The van der Waals surface area contributed by atoms with Crippen LogP contribution in [0.5, 0.6) is 0 Å². The summed E-state index contributed by atoms with van der Waals surface area (Å²) in [6, 6.07) is 8.13. The number of nitrogens with one attached hydrogen (secondary N) is 6. The SMILES string of the molecule is CC#CCN1C(=O)c2ccccc2C1=O.CC(=O)[C@H](CCC(=O)OC(C)(C)C)NC(=O)N[C@@H](CCCCNC(=O)CN=[N+]=[N-])C(=O)OC(C)(C)C.CCC[CH2][Sn]([CH2]CCC)([CH2]CCC)[c]1nnn(CC(=O)NCCCC[C@H](NC(=O)N[C@@H](CCC(=O)OC(C)(C)C)C(C)=O)C(=O)OC(C)(C)C)c1CN1C(=O)c2ccccc2C1=O. The van der Waals surface area contributed by atoms with Crippen molar-refractivity contribution in [3.63, 3.8) is 0 Å². The van der Waals surface area contributed by atoms with Gasteiger partial charge in [0.1, 0.15) is 35.0 Å². The number of imide groups is 2. The second kappa shape index (κ2) is 47.8. The summed E-state index contributed by atoms with van der Waals surface area (Å²) in [5, 5.41) is 28.4. The Morgan fingerprint density at radius 1 is 0.518 bits per heavy atom. The fraction of sp³-hybridized carbons (Fsp3) is 0.630. The van der Waals surface area contributed by atoms with Gasteiger partial charge in [-0.2, -0.15) is 0 Å². The molecule has 32 nitrogen and oxygen atoms in total. The van der Waals surface area contributed by atoms with Gasteiger partial charge in [0.05, 0.1) is 29.8 Å². The van der Waals surface area contributed by atoms with Crippen molar-refractivity contribution in [2.75, 3.05) is 26.2 Å². The number of carbonyl (C=O) groups excluding carboxylic acids is 14. The summed E-state index contributed by atoms with van der Waals surface area (Å²) in [4.78, 5) is 181. The van der Waals surface area contributed by atoms with E-state index in [0.29, 0.717) is 60.2 Å². The molecule has 1 aromatic heterocycles. The molecule has 0 bridgehead atoms. The Hall–Kier alpha value is -9.77. The third-order valence-corrected chi connectivity index (χ3v) is 32.8. The Morgan fingerprint density at radius 2 is 0.886 bits per heavy atom. The van der Waals surface area contributed by atoms with Crippen LogP contribution in [0.2, 0.25) is 13.3 Å². The van der Waals surface area contributed by atoms with Crippen LogP contribution in [-0.2, 0) is 70.4 Å². The van der Waals surface area contributed by atoms with E-state index < -0.39 is 107 Å². The molecule has 2 aromatic carbocycles. The number of esters is 4. The monoisotopic (exact) mass is 1700 g/mol. The number of unbranched alkanes of at least 4 members (excludes halogenated alkanes) is 5. The Labute approximate surface area is 674 Å². The molecular weight excluding hydrogens is 1580 g/mol. The predicted molar refractivity (Wildman–Crippen MR) is 430 cm³/mol. The molecule has 2 aliphatic rings. The van der Waals surface area contributed by atoms with Crippen LogP contribution in [0.3, 0.4) is 0 Å². The number of ketones is 2. The molecule has 5 rings (SSSR count). The summed E-state index contributed by atoms with van der Waals surface area (Å²) in [5.74, 6) is 0.404. The number of amides is 10. The zero-order valence-corrected chi connectivity index (χ0v) is 72.9. The van der Waals surface area contributed by atoms with Crippen LogP contribution in [0.25, 0.3) is 10.4 Å². The maximum absolute atomic E-state index is 13.6. The van der Waals surface area contributed by atoms with E-state index in [1.807, 2.05) is 0 Å². The van der Waals surface area contributed by atoms with Crippen LogP contribution < -0.4 is 35.6 Å². The van der Waals surface area contributed by atoms with E-state index in [-0.39, 0.29) is 112 Å². The quantitative estimate of drug-likeness (QED) is 0.00354. The second-order valence-corrected chi connectivity index (χ2v) is 45.1. The molecule has 0 saturated carbocycles. The molecule has 0 radical (unpaired) electrons. The number of hydrogen-bond acceptors (Lipinski definition) is 21. The first-order chi connectivity index (χ1) is 53.4. The number of fused-ring (bicyclic) bond motifs is 2. The van der Waals surface area contributed by atoms with E-state index >= 15 is 0 Å². The van der Waals surface area contributed by atoms with E-state index in [2.05, 4.69) is 79.8 Å². The Balaban J connectivity index is 0.000000547. The molecule has 628 valence electrons. The van der Waals surface area contributed by atoms with Gasteiger partial charge in [-0.1, -0.05) is 23.2 Å². The number of ether oxygens (including phenoxy) is 4. The number of carbonyl (C=O) groups is 14. The minimum atomic E-state index is -3.31. The number of benzene rings is 2. The number of Topliss-reactive ketones (excluding diaryl/α,β-unsaturated/α-hetero) is 2. The summed E-state index contributed by atoms with van der Waals surface area (Å²) in [5.41, 5.74) is 7.59. The maximum atomic E-state index is 13.6. The molecule has 4 atom stereocenters. The van der Waals surface area contributed by atoms with Crippen molar-refractivity contribution < 1.29 is 86.1 Å². The molecule has 10 amide bonds. The standard InChI is InChI=1S/C34H46N7O9.C23H40N6O7.C12H9NO2.3C4H9.Sn/c1-21(42)25(15-16-28(44)49-33(2,3)4)37-32(48)38-26(31(47)50-34(5,6)7)14-10-11-17-35-27(43)20-41-22(18-36-39-41)19-40-29(45)23-12-8-9-13-24(23)30(40)46;1-15(30)16(11-12-19(32)35-22(2,3)4)27-21(34)28-17(20(33)36-23(5,6)7)10-8-9-13-25-18(31)14-26-29-24;1-2-3-8-13-11(14)9-6-4-5-7-10(9)12(13)15;3*1-3-4-2;/h8-9,12-13,25-26H,10-11,14-17,19-20H2,1-7H3,(H,35,43)(H2,37,38,48);16-17H,8-14H2,1-7H3,(H,25,31)(H2,27,28,34);4-7H,8H2,1H3;3*1,3-4H2,2H3;/t25-,26-;16-,17-;;;;;/m00...../s1. The third-order valence-electron chi connectivity index (χ3n) is 17.6. The molecule has 3 heterocycles. The van der Waals surface area contributed by atoms with E-state index in [9.17, 15) is 67.1 Å². The molecule has 2 aliphatic heterocycles. The van der Waals surface area contributed by atoms with Gasteiger partial charge in [-0.3, -0.25) is 38.5 Å². The molecule has 33 heteroatoms. The minimum absolute atomic E-state index is 0.0193. The van der Waals surface area contributed by atoms with Crippen LogP contribution in [0, 0.1) is 11.8 Å². The number of rotatable bonds is 41. The predicted octanol–water partition coefficient (Wildman–Crippen LogP) is 10.5. The topological polar surface area (TPSA) is 434 Å². The van der Waals surface area contributed by atoms with Crippen LogP contribution in [-0.4, -0.2) is 199 Å². The van der Waals surface area contributed by atoms with Gasteiger partial charge in [-0.25, -0.2) is 19.2 Å². The molecule has 0 fully saturated rings. The summed E-state index contributed by atoms with van der Waals surface area (Å²) >= 11 is -3.31. The molecule has 114 heavy (non-hydrogen) atoms. The summed E-state index contributed by atoms with van der Waals surface area (Å²) in [6.07, 6.45) is 8.46. The van der Waals surface area contributed by atoms with Gasteiger partial charge >= 0.3 is 279 Å². The van der Waals surface area contributed by atoms with Crippen LogP contribution in [0.15, 0.2) is 53.6 Å². The molecular formula is C81H122N14O18Sn. The van der Waals surface area contributed by atoms with Gasteiger partial charge in [0.2, 0.25) is 5.91 Å². The van der Waals surface area contributed by atoms with Gasteiger partial charge < -0.3 is 40.2 Å². The Kier molecular flexibility index (Phi) is 41.3. The van der Waals surface area contributed by atoms with Crippen molar-refractivity contribution in [2.24, 2.45) is 5.11 Å². The Bertz CT molecular complexity index is 3850. The van der Waals surface area contributed by atoms with Crippen molar-refractivity contribution in [3.05, 3.63) is 86.9 Å². The van der Waals surface area contributed by atoms with Crippen molar-refractivity contribution in [1.82, 2.24) is 56.7 Å². The van der Waals surface area contributed by atoms with Crippen molar-refractivity contribution in [2.45, 2.75) is 300 Å². The summed E-state index contributed by atoms with van der Waals surface area (Å²) in [7, 11) is 0. The molecule has 3 aromatic rings. The van der Waals surface area contributed by atoms with Crippen molar-refractivity contribution in [1.29, 1.82) is 0 Å². The van der Waals surface area contributed by atoms with E-state index in [4.69, 9.17) is 29.6 Å². The zero-order chi connectivity index (χ0) is 85.7. The Morgan fingerprint density at radius 3 is 1.24 bits per heavy atom. The normalized spacial score (nSPS) is 13.5. The molecule has 6 N–H and O–H groups in total. The first-order valence-corrected chi connectivity index (χ1v) is 46.7. The van der Waals surface area contributed by atoms with Crippen molar-refractivity contribution in [3.8, 4) is 11.8 Å². The van der Waals surface area contributed by atoms with E-state index in [1.165, 1.54) is 23.6 Å². The third kappa shape index (κ3) is 35.3. The second-order valence-electron chi connectivity index (χ2n) is 32.1. The van der Waals surface area contributed by atoms with Crippen molar-refractivity contribution >= 4 is 105 Å². The van der Waals surface area contributed by atoms with Crippen LogP contribution in [0.4, 0.5) is 9.59 Å². The number of urea groups is 2. The van der Waals surface area contributed by atoms with Gasteiger partial charge in [0, 0.05) is 24.3 Å². The fourth-order valence-electron chi connectivity index (χ4n) is 12.1. The van der Waals surface area contributed by atoms with Crippen LogP contribution >= 0.6 is 0 Å². The number of nitrogens with zero attached hydrogens (tertiary/aromatic N) is 8. The number of hydrogen-bond donors (Lipinski definition) is 6. The zero-order valence-electron chi connectivity index (χ0n) is 70.0. The number of azide groups is 1. The first-order valence-electron chi connectivity index (χ1n) is 39.3. The molecule has 0 saturated heterocycles. The van der Waals surface area contributed by atoms with Gasteiger partial charge in [0.25, 0.3) is 11.8 Å². The summed E-state index contributed by atoms with van der Waals surface area (Å²) in [6.45, 7) is 31.7. The fourth-order valence-corrected chi connectivity index (χ4v) is 28.2. The van der Waals surface area contributed by atoms with E-state index in [1.54, 1.807) is 143 Å². The van der Waals surface area contributed by atoms with Gasteiger partial charge in [-0.05, 0) is 154 Å². The molecule has 0 aliphatic carbocycles. The molecule has 0 unspecified atom stereocenters.